The monoisotopic (exact) mass is 384 g/mol. The third-order valence-electron chi connectivity index (χ3n) is 3.50. The number of amides is 1. The smallest absolute Gasteiger partial charge is 0.248 e. The Morgan fingerprint density at radius 3 is 2.40 bits per heavy atom. The number of nitrogens with one attached hydrogen (secondary N) is 1. The van der Waals surface area contributed by atoms with Crippen molar-refractivity contribution in [3.63, 3.8) is 0 Å². The van der Waals surface area contributed by atoms with Gasteiger partial charge in [0.2, 0.25) is 15.9 Å². The maximum absolute atomic E-state index is 13.0. The molecule has 134 valence electrons. The van der Waals surface area contributed by atoms with Crippen LogP contribution >= 0.6 is 11.6 Å². The highest BCUT2D eigenvalue weighted by Gasteiger charge is 2.31. The topological polar surface area (TPSA) is 66.5 Å². The van der Waals surface area contributed by atoms with Gasteiger partial charge in [-0.1, -0.05) is 24.6 Å². The van der Waals surface area contributed by atoms with Crippen LogP contribution in [0.3, 0.4) is 0 Å². The van der Waals surface area contributed by atoms with Gasteiger partial charge < -0.3 is 5.32 Å². The maximum atomic E-state index is 13.0. The molecule has 0 heterocycles. The largest absolute Gasteiger partial charge is 0.324 e. The van der Waals surface area contributed by atoms with E-state index >= 15 is 0 Å². The summed E-state index contributed by atoms with van der Waals surface area (Å²) in [6, 6.07) is 10.5. The minimum Gasteiger partial charge on any atom is -0.324 e. The molecule has 5 nitrogen and oxygen atoms in total. The summed E-state index contributed by atoms with van der Waals surface area (Å²) in [5, 5.41) is 2.97. The zero-order chi connectivity index (χ0) is 18.6. The Labute approximate surface area is 151 Å². The van der Waals surface area contributed by atoms with Crippen LogP contribution in [0, 0.1) is 5.82 Å². The van der Waals surface area contributed by atoms with Crippen molar-refractivity contribution in [1.29, 1.82) is 0 Å². The highest BCUT2D eigenvalue weighted by molar-refractivity contribution is 7.92. The summed E-state index contributed by atoms with van der Waals surface area (Å²) in [6.07, 6.45) is 1.27. The molecule has 0 saturated heterocycles. The molecule has 0 spiro atoms. The van der Waals surface area contributed by atoms with E-state index in [4.69, 9.17) is 11.6 Å². The first-order valence-corrected chi connectivity index (χ1v) is 9.76. The van der Waals surface area contributed by atoms with Crippen molar-refractivity contribution >= 4 is 38.9 Å². The number of carbonyl (C=O) groups excluding carboxylic acids is 1. The Morgan fingerprint density at radius 1 is 1.24 bits per heavy atom. The van der Waals surface area contributed by atoms with Crippen molar-refractivity contribution in [2.24, 2.45) is 0 Å². The van der Waals surface area contributed by atoms with E-state index in [0.717, 1.165) is 10.6 Å². The van der Waals surface area contributed by atoms with Crippen LogP contribution in [-0.4, -0.2) is 26.6 Å². The molecule has 8 heteroatoms. The highest BCUT2D eigenvalue weighted by atomic mass is 35.5. The number of benzene rings is 2. The second kappa shape index (κ2) is 7.84. The molecule has 2 aromatic carbocycles. The molecule has 0 aliphatic rings. The number of rotatable bonds is 6. The molecule has 0 radical (unpaired) electrons. The fourth-order valence-corrected chi connectivity index (χ4v) is 3.82. The first kappa shape index (κ1) is 19.2. The first-order valence-electron chi connectivity index (χ1n) is 7.53. The van der Waals surface area contributed by atoms with Crippen LogP contribution in [-0.2, 0) is 14.8 Å². The van der Waals surface area contributed by atoms with Crippen molar-refractivity contribution in [3.05, 3.63) is 59.4 Å². The van der Waals surface area contributed by atoms with Gasteiger partial charge in [-0.3, -0.25) is 9.10 Å². The molecule has 1 atom stereocenters. The van der Waals surface area contributed by atoms with Crippen LogP contribution < -0.4 is 9.62 Å². The molecule has 0 aliphatic heterocycles. The summed E-state index contributed by atoms with van der Waals surface area (Å²) in [5.41, 5.74) is 0.681. The zero-order valence-corrected chi connectivity index (χ0v) is 15.3. The lowest BCUT2D eigenvalue weighted by Gasteiger charge is -2.30. The van der Waals surface area contributed by atoms with Gasteiger partial charge >= 0.3 is 0 Å². The number of hydrogen-bond acceptors (Lipinski definition) is 3. The van der Waals surface area contributed by atoms with Gasteiger partial charge in [-0.25, -0.2) is 12.8 Å². The molecular weight excluding hydrogens is 367 g/mol. The number of nitrogens with zero attached hydrogens (tertiary/aromatic N) is 1. The molecule has 1 N–H and O–H groups in total. The second-order valence-corrected chi connectivity index (χ2v) is 7.75. The molecule has 25 heavy (non-hydrogen) atoms. The maximum Gasteiger partial charge on any atom is 0.248 e. The van der Waals surface area contributed by atoms with Crippen molar-refractivity contribution in [1.82, 2.24) is 0 Å². The molecular formula is C17H18ClFN2O3S. The van der Waals surface area contributed by atoms with E-state index in [2.05, 4.69) is 5.32 Å². The Balaban J connectivity index is 2.36. The predicted molar refractivity (Wildman–Crippen MR) is 97.9 cm³/mol. The summed E-state index contributed by atoms with van der Waals surface area (Å²) in [5.74, 6) is -0.943. The molecule has 0 aliphatic carbocycles. The van der Waals surface area contributed by atoms with Crippen LogP contribution in [0.25, 0.3) is 0 Å². The molecule has 0 unspecified atom stereocenters. The summed E-state index contributed by atoms with van der Waals surface area (Å²) in [6.45, 7) is 1.71. The Kier molecular flexibility index (Phi) is 6.02. The Morgan fingerprint density at radius 2 is 1.88 bits per heavy atom. The highest BCUT2D eigenvalue weighted by Crippen LogP contribution is 2.26. The minimum atomic E-state index is -3.74. The fraction of sp³-hybridized carbons (Fsp3) is 0.235. The lowest BCUT2D eigenvalue weighted by molar-refractivity contribution is -0.117. The number of halogens is 2. The van der Waals surface area contributed by atoms with Crippen molar-refractivity contribution in [3.8, 4) is 0 Å². The van der Waals surface area contributed by atoms with Crippen LogP contribution in [0.15, 0.2) is 48.5 Å². The number of hydrogen-bond donors (Lipinski definition) is 1. The Hall–Kier alpha value is -2.12. The van der Waals surface area contributed by atoms with E-state index in [1.165, 1.54) is 30.3 Å². The average molecular weight is 385 g/mol. The summed E-state index contributed by atoms with van der Waals surface area (Å²) in [7, 11) is -3.74. The molecule has 0 fully saturated rings. The number of anilines is 2. The normalized spacial score (nSPS) is 12.5. The summed E-state index contributed by atoms with van der Waals surface area (Å²) >= 11 is 5.95. The number of carbonyl (C=O) groups is 1. The van der Waals surface area contributed by atoms with Gasteiger partial charge in [0.15, 0.2) is 0 Å². The van der Waals surface area contributed by atoms with Crippen molar-refractivity contribution in [2.75, 3.05) is 15.9 Å². The van der Waals surface area contributed by atoms with E-state index in [-0.39, 0.29) is 6.42 Å². The lowest BCUT2D eigenvalue weighted by Crippen LogP contribution is -2.47. The van der Waals surface area contributed by atoms with E-state index in [1.807, 2.05) is 0 Å². The van der Waals surface area contributed by atoms with Crippen LogP contribution in [0.4, 0.5) is 15.8 Å². The first-order chi connectivity index (χ1) is 11.7. The SMILES string of the molecule is CC[C@@H](C(=O)Nc1ccc(F)cc1)N(c1cccc(Cl)c1)S(C)(=O)=O. The van der Waals surface area contributed by atoms with Gasteiger partial charge in [0.1, 0.15) is 11.9 Å². The van der Waals surface area contributed by atoms with Gasteiger partial charge in [-0.2, -0.15) is 0 Å². The van der Waals surface area contributed by atoms with Gasteiger partial charge in [-0.15, -0.1) is 0 Å². The van der Waals surface area contributed by atoms with Crippen molar-refractivity contribution in [2.45, 2.75) is 19.4 Å². The molecule has 1 amide bonds. The van der Waals surface area contributed by atoms with E-state index < -0.39 is 27.8 Å². The van der Waals surface area contributed by atoms with E-state index in [1.54, 1.807) is 25.1 Å². The second-order valence-electron chi connectivity index (χ2n) is 5.46. The molecule has 0 bridgehead atoms. The molecule has 2 rings (SSSR count). The number of sulfonamides is 1. The van der Waals surface area contributed by atoms with Crippen molar-refractivity contribution < 1.29 is 17.6 Å². The summed E-state index contributed by atoms with van der Waals surface area (Å²) < 4.78 is 38.6. The quantitative estimate of drug-likeness (QED) is 0.826. The third kappa shape index (κ3) is 4.93. The Bertz CT molecular complexity index is 856. The van der Waals surface area contributed by atoms with E-state index in [0.29, 0.717) is 16.4 Å². The van der Waals surface area contributed by atoms with Gasteiger partial charge in [0.25, 0.3) is 0 Å². The minimum absolute atomic E-state index is 0.243. The van der Waals surface area contributed by atoms with Crippen LogP contribution in [0.1, 0.15) is 13.3 Å². The summed E-state index contributed by atoms with van der Waals surface area (Å²) in [4.78, 5) is 12.6. The average Bonchev–Trinajstić information content (AvgIpc) is 2.53. The zero-order valence-electron chi connectivity index (χ0n) is 13.7. The van der Waals surface area contributed by atoms with E-state index in [9.17, 15) is 17.6 Å². The lowest BCUT2D eigenvalue weighted by atomic mass is 10.2. The van der Waals surface area contributed by atoms with Crippen LogP contribution in [0.5, 0.6) is 0 Å². The van der Waals surface area contributed by atoms with Gasteiger partial charge in [0.05, 0.1) is 11.9 Å². The predicted octanol–water partition coefficient (Wildman–Crippen LogP) is 3.66. The van der Waals surface area contributed by atoms with Crippen LogP contribution in [0.2, 0.25) is 5.02 Å². The molecule has 0 aromatic heterocycles. The fourth-order valence-electron chi connectivity index (χ4n) is 2.43. The van der Waals surface area contributed by atoms with Gasteiger partial charge in [0, 0.05) is 10.7 Å². The van der Waals surface area contributed by atoms with Gasteiger partial charge in [-0.05, 0) is 48.9 Å². The third-order valence-corrected chi connectivity index (χ3v) is 4.92. The molecule has 2 aromatic rings. The standard InChI is InChI=1S/C17H18ClFN2O3S/c1-3-16(17(22)20-14-9-7-13(19)8-10-14)21(25(2,23)24)15-6-4-5-12(18)11-15/h4-11,16H,3H2,1-2H3,(H,20,22)/t16-/m0/s1. The molecule has 0 saturated carbocycles.